The average molecular weight is 192 g/mol. The van der Waals surface area contributed by atoms with Crippen molar-refractivity contribution in [2.75, 3.05) is 6.61 Å². The molecule has 2 N–H and O–H groups in total. The highest BCUT2D eigenvalue weighted by Crippen LogP contribution is 2.16. The van der Waals surface area contributed by atoms with E-state index in [1.807, 2.05) is 0 Å². The zero-order valence-corrected chi connectivity index (χ0v) is 7.73. The molecule has 0 unspecified atom stereocenters. The van der Waals surface area contributed by atoms with Crippen LogP contribution in [0.25, 0.3) is 6.08 Å². The molecule has 3 nitrogen and oxygen atoms in total. The molecule has 0 saturated carbocycles. The second kappa shape index (κ2) is 4.58. The van der Waals surface area contributed by atoms with Crippen molar-refractivity contribution < 1.29 is 15.0 Å². The number of benzene rings is 1. The van der Waals surface area contributed by atoms with Gasteiger partial charge in [0.1, 0.15) is 0 Å². The number of aromatic carboxylic acids is 1. The van der Waals surface area contributed by atoms with Crippen molar-refractivity contribution in [2.24, 2.45) is 0 Å². The van der Waals surface area contributed by atoms with Crippen molar-refractivity contribution in [3.8, 4) is 0 Å². The maximum absolute atomic E-state index is 10.8. The Hall–Kier alpha value is -1.61. The lowest BCUT2D eigenvalue weighted by atomic mass is 9.99. The van der Waals surface area contributed by atoms with Crippen molar-refractivity contribution in [3.05, 3.63) is 41.5 Å². The molecule has 0 bridgehead atoms. The molecule has 74 valence electrons. The lowest BCUT2D eigenvalue weighted by molar-refractivity contribution is 0.0696. The molecule has 0 aromatic heterocycles. The Morgan fingerprint density at radius 2 is 2.21 bits per heavy atom. The van der Waals surface area contributed by atoms with Gasteiger partial charge < -0.3 is 10.2 Å². The number of hydrogen-bond acceptors (Lipinski definition) is 2. The van der Waals surface area contributed by atoms with Gasteiger partial charge in [-0.05, 0) is 23.6 Å². The summed E-state index contributed by atoms with van der Waals surface area (Å²) in [6.45, 7) is 3.58. The largest absolute Gasteiger partial charge is 0.478 e. The Morgan fingerprint density at radius 3 is 2.71 bits per heavy atom. The first-order valence-corrected chi connectivity index (χ1v) is 4.29. The van der Waals surface area contributed by atoms with Gasteiger partial charge >= 0.3 is 5.97 Å². The van der Waals surface area contributed by atoms with Crippen LogP contribution in [-0.2, 0) is 6.42 Å². The van der Waals surface area contributed by atoms with E-state index in [0.717, 1.165) is 5.56 Å². The molecule has 0 aliphatic carbocycles. The maximum Gasteiger partial charge on any atom is 0.336 e. The number of carboxylic acids is 1. The fraction of sp³-hybridized carbons (Fsp3) is 0.182. The minimum atomic E-state index is -0.973. The zero-order valence-electron chi connectivity index (χ0n) is 7.73. The fourth-order valence-electron chi connectivity index (χ4n) is 1.38. The molecule has 0 fully saturated rings. The number of hydrogen-bond donors (Lipinski definition) is 2. The van der Waals surface area contributed by atoms with Gasteiger partial charge in [0.2, 0.25) is 0 Å². The smallest absolute Gasteiger partial charge is 0.336 e. The average Bonchev–Trinajstić information content (AvgIpc) is 2.18. The highest BCUT2D eigenvalue weighted by molar-refractivity contribution is 5.92. The van der Waals surface area contributed by atoms with Crippen LogP contribution in [0.15, 0.2) is 24.8 Å². The summed E-state index contributed by atoms with van der Waals surface area (Å²) in [4.78, 5) is 10.8. The summed E-state index contributed by atoms with van der Waals surface area (Å²) in [6.07, 6.45) is 1.96. The van der Waals surface area contributed by atoms with Crippen molar-refractivity contribution >= 4 is 12.0 Å². The van der Waals surface area contributed by atoms with Crippen LogP contribution in [0.1, 0.15) is 21.5 Å². The molecule has 1 rings (SSSR count). The number of carbonyl (C=O) groups is 1. The van der Waals surface area contributed by atoms with Gasteiger partial charge in [-0.2, -0.15) is 0 Å². The molecule has 1 aromatic rings. The molecule has 0 aliphatic heterocycles. The number of aliphatic hydroxyl groups is 1. The topological polar surface area (TPSA) is 57.5 Å². The van der Waals surface area contributed by atoms with Crippen LogP contribution in [0.3, 0.4) is 0 Å². The van der Waals surface area contributed by atoms with E-state index in [-0.39, 0.29) is 12.2 Å². The molecule has 0 amide bonds. The normalized spacial score (nSPS) is 9.79. The Kier molecular flexibility index (Phi) is 3.42. The molecule has 3 heteroatoms. The number of carboxylic acid groups (broad SMARTS) is 1. The third kappa shape index (κ3) is 2.00. The van der Waals surface area contributed by atoms with Crippen LogP contribution in [0.5, 0.6) is 0 Å². The molecule has 0 aliphatic rings. The number of rotatable bonds is 4. The van der Waals surface area contributed by atoms with E-state index in [4.69, 9.17) is 10.2 Å². The van der Waals surface area contributed by atoms with Crippen molar-refractivity contribution in [1.82, 2.24) is 0 Å². The quantitative estimate of drug-likeness (QED) is 0.761. The molecular formula is C11H12O3. The lowest BCUT2D eigenvalue weighted by Gasteiger charge is -2.07. The van der Waals surface area contributed by atoms with Gasteiger partial charge in [0.25, 0.3) is 0 Å². The summed E-state index contributed by atoms with van der Waals surface area (Å²) < 4.78 is 0. The molecule has 0 spiro atoms. The van der Waals surface area contributed by atoms with Crippen molar-refractivity contribution in [1.29, 1.82) is 0 Å². The first kappa shape index (κ1) is 10.5. The van der Waals surface area contributed by atoms with Gasteiger partial charge in [-0.3, -0.25) is 0 Å². The van der Waals surface area contributed by atoms with E-state index in [9.17, 15) is 4.79 Å². The summed E-state index contributed by atoms with van der Waals surface area (Å²) in [5.74, 6) is -0.973. The maximum atomic E-state index is 10.8. The summed E-state index contributed by atoms with van der Waals surface area (Å²) in [5, 5.41) is 17.7. The molecule has 0 heterocycles. The zero-order chi connectivity index (χ0) is 10.6. The molecular weight excluding hydrogens is 180 g/mol. The van der Waals surface area contributed by atoms with Crippen LogP contribution in [0.2, 0.25) is 0 Å². The highest BCUT2D eigenvalue weighted by atomic mass is 16.4. The van der Waals surface area contributed by atoms with E-state index in [1.54, 1.807) is 12.1 Å². The minimum absolute atomic E-state index is 0.00388. The van der Waals surface area contributed by atoms with Crippen LogP contribution >= 0.6 is 0 Å². The minimum Gasteiger partial charge on any atom is -0.478 e. The van der Waals surface area contributed by atoms with Gasteiger partial charge in [-0.25, -0.2) is 4.79 Å². The second-order valence-electron chi connectivity index (χ2n) is 2.86. The SMILES string of the molecule is C=Cc1c(CCO)cccc1C(=O)O. The first-order valence-electron chi connectivity index (χ1n) is 4.29. The molecule has 1 aromatic carbocycles. The number of aliphatic hydroxyl groups excluding tert-OH is 1. The van der Waals surface area contributed by atoms with E-state index < -0.39 is 5.97 Å². The van der Waals surface area contributed by atoms with Gasteiger partial charge in [0, 0.05) is 6.61 Å². The predicted molar refractivity (Wildman–Crippen MR) is 54.3 cm³/mol. The summed E-state index contributed by atoms with van der Waals surface area (Å²) in [6, 6.07) is 4.99. The fourth-order valence-corrected chi connectivity index (χ4v) is 1.38. The molecule has 0 atom stereocenters. The monoisotopic (exact) mass is 192 g/mol. The van der Waals surface area contributed by atoms with Crippen molar-refractivity contribution in [3.63, 3.8) is 0 Å². The molecule has 0 saturated heterocycles. The third-order valence-electron chi connectivity index (χ3n) is 2.01. The van der Waals surface area contributed by atoms with Gasteiger partial charge in [-0.15, -0.1) is 0 Å². The van der Waals surface area contributed by atoms with Gasteiger partial charge in [-0.1, -0.05) is 24.8 Å². The van der Waals surface area contributed by atoms with Crippen LogP contribution in [0, 0.1) is 0 Å². The van der Waals surface area contributed by atoms with Crippen LogP contribution in [0.4, 0.5) is 0 Å². The Morgan fingerprint density at radius 1 is 1.50 bits per heavy atom. The summed E-state index contributed by atoms with van der Waals surface area (Å²) in [7, 11) is 0. The van der Waals surface area contributed by atoms with E-state index in [1.165, 1.54) is 12.1 Å². The Balaban J connectivity index is 3.24. The summed E-state index contributed by atoms with van der Waals surface area (Å²) in [5.41, 5.74) is 1.63. The third-order valence-corrected chi connectivity index (χ3v) is 2.01. The van der Waals surface area contributed by atoms with E-state index >= 15 is 0 Å². The molecule has 0 radical (unpaired) electrons. The van der Waals surface area contributed by atoms with Gasteiger partial charge in [0.05, 0.1) is 5.56 Å². The summed E-state index contributed by atoms with van der Waals surface area (Å²) >= 11 is 0. The second-order valence-corrected chi connectivity index (χ2v) is 2.86. The van der Waals surface area contributed by atoms with E-state index in [2.05, 4.69) is 6.58 Å². The lowest BCUT2D eigenvalue weighted by Crippen LogP contribution is -2.03. The standard InChI is InChI=1S/C11H12O3/c1-2-9-8(6-7-12)4-3-5-10(9)11(13)14/h2-5,12H,1,6-7H2,(H,13,14). The van der Waals surface area contributed by atoms with Crippen molar-refractivity contribution in [2.45, 2.75) is 6.42 Å². The highest BCUT2D eigenvalue weighted by Gasteiger charge is 2.10. The Bertz CT molecular complexity index is 356. The van der Waals surface area contributed by atoms with Gasteiger partial charge in [0.15, 0.2) is 0 Å². The molecule has 14 heavy (non-hydrogen) atoms. The van der Waals surface area contributed by atoms with Crippen LogP contribution < -0.4 is 0 Å². The predicted octanol–water partition coefficient (Wildman–Crippen LogP) is 1.56. The van der Waals surface area contributed by atoms with E-state index in [0.29, 0.717) is 12.0 Å². The van der Waals surface area contributed by atoms with Crippen LogP contribution in [-0.4, -0.2) is 22.8 Å². The first-order chi connectivity index (χ1) is 6.70. The Labute approximate surface area is 82.3 Å².